The largest absolute Gasteiger partial charge is 0.378 e. The van der Waals surface area contributed by atoms with Crippen molar-refractivity contribution in [3.63, 3.8) is 0 Å². The molecule has 3 aromatic rings. The first kappa shape index (κ1) is 19.3. The Labute approximate surface area is 169 Å². The average Bonchev–Trinajstić information content (AvgIpc) is 3.10. The third-order valence-electron chi connectivity index (χ3n) is 5.32. The zero-order chi connectivity index (χ0) is 20.5. The van der Waals surface area contributed by atoms with Gasteiger partial charge in [-0.25, -0.2) is 24.4 Å². The number of nitrogens with zero attached hydrogens (tertiary/aromatic N) is 5. The Kier molecular flexibility index (Phi) is 5.19. The predicted octanol–water partition coefficient (Wildman–Crippen LogP) is 2.59. The van der Waals surface area contributed by atoms with Crippen molar-refractivity contribution in [2.24, 2.45) is 0 Å². The Bertz CT molecular complexity index is 1060. The number of ether oxygens (including phenoxy) is 1. The first-order chi connectivity index (χ1) is 14.0. The first-order valence-corrected chi connectivity index (χ1v) is 9.89. The lowest BCUT2D eigenvalue weighted by Gasteiger charge is -2.26. The maximum absolute atomic E-state index is 12.6. The average molecular weight is 394 g/mol. The van der Waals surface area contributed by atoms with Gasteiger partial charge in [0.25, 0.3) is 0 Å². The molecule has 8 heteroatoms. The highest BCUT2D eigenvalue weighted by Gasteiger charge is 2.19. The van der Waals surface area contributed by atoms with Crippen LogP contribution in [0.4, 0.5) is 5.95 Å². The van der Waals surface area contributed by atoms with Crippen LogP contribution in [0.25, 0.3) is 17.1 Å². The van der Waals surface area contributed by atoms with E-state index in [1.54, 1.807) is 12.4 Å². The molecule has 2 aromatic heterocycles. The van der Waals surface area contributed by atoms with Gasteiger partial charge in [-0.2, -0.15) is 5.10 Å². The topological polar surface area (TPSA) is 88.9 Å². The lowest BCUT2D eigenvalue weighted by atomic mass is 9.93. The Morgan fingerprint density at radius 1 is 1.07 bits per heavy atom. The number of aryl methyl sites for hydroxylation is 2. The summed E-state index contributed by atoms with van der Waals surface area (Å²) in [6.07, 6.45) is 3.34. The molecule has 4 rings (SSSR count). The summed E-state index contributed by atoms with van der Waals surface area (Å²) in [7, 11) is 0. The van der Waals surface area contributed by atoms with Crippen molar-refractivity contribution in [2.75, 3.05) is 31.2 Å². The number of nitrogens with one attached hydrogen (secondary N) is 1. The maximum Gasteiger partial charge on any atom is 0.348 e. The van der Waals surface area contributed by atoms with E-state index in [1.165, 1.54) is 15.7 Å². The summed E-state index contributed by atoms with van der Waals surface area (Å²) in [6, 6.07) is 4.27. The number of H-pyrrole nitrogens is 1. The monoisotopic (exact) mass is 394 g/mol. The minimum atomic E-state index is -0.311. The van der Waals surface area contributed by atoms with Gasteiger partial charge in [0.05, 0.1) is 31.3 Å². The molecule has 1 fully saturated rings. The molecule has 3 heterocycles. The Morgan fingerprint density at radius 2 is 1.76 bits per heavy atom. The number of anilines is 1. The first-order valence-electron chi connectivity index (χ1n) is 9.89. The van der Waals surface area contributed by atoms with Crippen LogP contribution in [-0.4, -0.2) is 51.0 Å². The fraction of sp³-hybridized carbons (Fsp3) is 0.429. The molecule has 0 unspecified atom stereocenters. The molecule has 1 N–H and O–H groups in total. The van der Waals surface area contributed by atoms with E-state index < -0.39 is 0 Å². The van der Waals surface area contributed by atoms with E-state index in [0.29, 0.717) is 36.6 Å². The summed E-state index contributed by atoms with van der Waals surface area (Å²) in [6.45, 7) is 11.3. The third kappa shape index (κ3) is 3.67. The summed E-state index contributed by atoms with van der Waals surface area (Å²) < 4.78 is 6.91. The molecule has 0 bridgehead atoms. The number of hydrogen-bond donors (Lipinski definition) is 1. The molecule has 29 heavy (non-hydrogen) atoms. The summed E-state index contributed by atoms with van der Waals surface area (Å²) in [5.41, 5.74) is 4.75. The molecule has 0 saturated carbocycles. The van der Waals surface area contributed by atoms with Crippen LogP contribution in [0.2, 0.25) is 0 Å². The molecule has 0 radical (unpaired) electrons. The van der Waals surface area contributed by atoms with Crippen LogP contribution >= 0.6 is 0 Å². The van der Waals surface area contributed by atoms with E-state index in [9.17, 15) is 4.79 Å². The van der Waals surface area contributed by atoms with Gasteiger partial charge >= 0.3 is 5.69 Å². The van der Waals surface area contributed by atoms with Crippen LogP contribution in [0.5, 0.6) is 0 Å². The van der Waals surface area contributed by atoms with Gasteiger partial charge in [0.2, 0.25) is 5.95 Å². The third-order valence-corrected chi connectivity index (χ3v) is 5.32. The molecule has 152 valence electrons. The number of aromatic nitrogens is 5. The minimum absolute atomic E-state index is 0.311. The zero-order valence-electron chi connectivity index (χ0n) is 17.3. The van der Waals surface area contributed by atoms with Crippen molar-refractivity contribution in [3.8, 4) is 17.1 Å². The molecular formula is C21H26N6O2. The second kappa shape index (κ2) is 7.79. The molecule has 0 spiro atoms. The lowest BCUT2D eigenvalue weighted by molar-refractivity contribution is 0.122. The predicted molar refractivity (Wildman–Crippen MR) is 112 cm³/mol. The van der Waals surface area contributed by atoms with Crippen LogP contribution < -0.4 is 10.6 Å². The molecule has 1 aliphatic heterocycles. The van der Waals surface area contributed by atoms with E-state index in [0.717, 1.165) is 24.2 Å². The van der Waals surface area contributed by atoms with Gasteiger partial charge in [-0.05, 0) is 42.5 Å². The number of rotatable bonds is 4. The second-order valence-corrected chi connectivity index (χ2v) is 7.71. The Hall–Kier alpha value is -3.00. The summed E-state index contributed by atoms with van der Waals surface area (Å²) in [5, 5.41) is 6.89. The molecule has 1 aliphatic rings. The van der Waals surface area contributed by atoms with Gasteiger partial charge in [0.1, 0.15) is 0 Å². The van der Waals surface area contributed by atoms with Gasteiger partial charge < -0.3 is 9.64 Å². The molecule has 0 atom stereocenters. The van der Waals surface area contributed by atoms with Gasteiger partial charge in [0, 0.05) is 18.7 Å². The highest BCUT2D eigenvalue weighted by Crippen LogP contribution is 2.29. The molecule has 1 aromatic carbocycles. The SMILES string of the molecule is Cc1cc(C)c(C(C)C)cc1-c1n[nH]c(=O)n1-c1cnc(N2CCOCC2)nc1. The number of hydrogen-bond acceptors (Lipinski definition) is 6. The Morgan fingerprint density at radius 3 is 2.41 bits per heavy atom. The van der Waals surface area contributed by atoms with Crippen molar-refractivity contribution in [3.05, 3.63) is 51.7 Å². The van der Waals surface area contributed by atoms with Gasteiger partial charge in [-0.3, -0.25) is 0 Å². The van der Waals surface area contributed by atoms with Crippen molar-refractivity contribution < 1.29 is 4.74 Å². The zero-order valence-corrected chi connectivity index (χ0v) is 17.3. The fourth-order valence-electron chi connectivity index (χ4n) is 3.81. The normalized spacial score (nSPS) is 14.6. The highest BCUT2D eigenvalue weighted by atomic mass is 16.5. The number of morpholine rings is 1. The van der Waals surface area contributed by atoms with Gasteiger partial charge in [-0.15, -0.1) is 0 Å². The Balaban J connectivity index is 1.75. The van der Waals surface area contributed by atoms with E-state index in [2.05, 4.69) is 58.0 Å². The molecule has 1 saturated heterocycles. The number of aromatic amines is 1. The van der Waals surface area contributed by atoms with Crippen molar-refractivity contribution in [2.45, 2.75) is 33.6 Å². The number of benzene rings is 1. The van der Waals surface area contributed by atoms with E-state index in [4.69, 9.17) is 4.74 Å². The summed E-state index contributed by atoms with van der Waals surface area (Å²) in [4.78, 5) is 23.6. The van der Waals surface area contributed by atoms with Crippen LogP contribution in [0.1, 0.15) is 36.5 Å². The van der Waals surface area contributed by atoms with Gasteiger partial charge in [-0.1, -0.05) is 19.9 Å². The summed E-state index contributed by atoms with van der Waals surface area (Å²) in [5.74, 6) is 1.59. The van der Waals surface area contributed by atoms with Crippen molar-refractivity contribution >= 4 is 5.95 Å². The molecule has 8 nitrogen and oxygen atoms in total. The van der Waals surface area contributed by atoms with Crippen LogP contribution in [0, 0.1) is 13.8 Å². The molecule has 0 aliphatic carbocycles. The summed E-state index contributed by atoms with van der Waals surface area (Å²) >= 11 is 0. The standard InChI is InChI=1S/C21H26N6O2/c1-13(2)17-10-18(15(4)9-14(17)3)19-24-25-21(28)27(19)16-11-22-20(23-12-16)26-5-7-29-8-6-26/h9-13H,5-8H2,1-4H3,(H,25,28). The molecule has 0 amide bonds. The van der Waals surface area contributed by atoms with Crippen LogP contribution in [0.3, 0.4) is 0 Å². The fourth-order valence-corrected chi connectivity index (χ4v) is 3.81. The van der Waals surface area contributed by atoms with E-state index in [1.807, 2.05) is 6.92 Å². The molecular weight excluding hydrogens is 368 g/mol. The van der Waals surface area contributed by atoms with Gasteiger partial charge in [0.15, 0.2) is 5.82 Å². The van der Waals surface area contributed by atoms with E-state index in [-0.39, 0.29) is 5.69 Å². The van der Waals surface area contributed by atoms with Crippen LogP contribution in [-0.2, 0) is 4.74 Å². The maximum atomic E-state index is 12.6. The second-order valence-electron chi connectivity index (χ2n) is 7.71. The van der Waals surface area contributed by atoms with E-state index >= 15 is 0 Å². The lowest BCUT2D eigenvalue weighted by Crippen LogP contribution is -2.37. The van der Waals surface area contributed by atoms with Crippen molar-refractivity contribution in [1.29, 1.82) is 0 Å². The van der Waals surface area contributed by atoms with Crippen molar-refractivity contribution in [1.82, 2.24) is 24.7 Å². The quantitative estimate of drug-likeness (QED) is 0.732. The smallest absolute Gasteiger partial charge is 0.348 e. The minimum Gasteiger partial charge on any atom is -0.378 e. The highest BCUT2D eigenvalue weighted by molar-refractivity contribution is 5.64. The van der Waals surface area contributed by atoms with Crippen LogP contribution in [0.15, 0.2) is 29.3 Å².